The first kappa shape index (κ1) is 8.96. The van der Waals surface area contributed by atoms with Gasteiger partial charge in [0.15, 0.2) is 0 Å². The van der Waals surface area contributed by atoms with Crippen LogP contribution < -0.4 is 4.74 Å². The van der Waals surface area contributed by atoms with Crippen LogP contribution in [0.5, 0.6) is 5.75 Å². The number of hydrogen-bond donors (Lipinski definition) is 0. The molecule has 62 valence electrons. The van der Waals surface area contributed by atoms with Crippen molar-refractivity contribution in [2.24, 2.45) is 0 Å². The summed E-state index contributed by atoms with van der Waals surface area (Å²) < 4.78 is 5.27. The van der Waals surface area contributed by atoms with Gasteiger partial charge in [-0.2, -0.15) is 0 Å². The van der Waals surface area contributed by atoms with E-state index < -0.39 is 0 Å². The van der Waals surface area contributed by atoms with E-state index in [1.54, 1.807) is 13.0 Å². The monoisotopic (exact) mass is 180 g/mol. The lowest BCUT2D eigenvalue weighted by molar-refractivity contribution is 0.370. The van der Waals surface area contributed by atoms with E-state index in [0.717, 1.165) is 0 Å². The zero-order valence-corrected chi connectivity index (χ0v) is 7.56. The van der Waals surface area contributed by atoms with Crippen molar-refractivity contribution >= 4 is 11.6 Å². The number of hydrogen-bond acceptors (Lipinski definition) is 1. The molecule has 1 aromatic rings. The molecule has 0 amide bonds. The molecule has 0 bridgehead atoms. The molecule has 0 aromatic heterocycles. The molecular formula is C10H9ClO. The van der Waals surface area contributed by atoms with E-state index in [1.807, 2.05) is 18.2 Å². The predicted octanol–water partition coefficient (Wildman–Crippen LogP) is 2.74. The molecule has 1 nitrogen and oxygen atoms in total. The molecule has 1 rings (SSSR count). The van der Waals surface area contributed by atoms with Crippen molar-refractivity contribution in [2.45, 2.75) is 6.92 Å². The van der Waals surface area contributed by atoms with Gasteiger partial charge in [-0.25, -0.2) is 0 Å². The Labute approximate surface area is 77.3 Å². The maximum absolute atomic E-state index is 5.83. The molecule has 12 heavy (non-hydrogen) atoms. The molecule has 0 fully saturated rings. The number of para-hydroxylation sites is 1. The van der Waals surface area contributed by atoms with Crippen molar-refractivity contribution in [2.75, 3.05) is 6.61 Å². The van der Waals surface area contributed by atoms with E-state index >= 15 is 0 Å². The largest absolute Gasteiger partial charge is 0.479 e. The van der Waals surface area contributed by atoms with Crippen molar-refractivity contribution in [3.05, 3.63) is 29.3 Å². The van der Waals surface area contributed by atoms with Gasteiger partial charge in [-0.3, -0.25) is 0 Å². The first-order valence-electron chi connectivity index (χ1n) is 3.61. The van der Waals surface area contributed by atoms with Crippen LogP contribution in [0, 0.1) is 11.8 Å². The van der Waals surface area contributed by atoms with Crippen LogP contribution >= 0.6 is 11.6 Å². The van der Waals surface area contributed by atoms with Crippen LogP contribution in [0.1, 0.15) is 6.92 Å². The van der Waals surface area contributed by atoms with E-state index in [-0.39, 0.29) is 0 Å². The van der Waals surface area contributed by atoms with Gasteiger partial charge in [0.2, 0.25) is 0 Å². The third-order valence-electron chi connectivity index (χ3n) is 1.31. The minimum atomic E-state index is 0.389. The molecule has 0 spiro atoms. The summed E-state index contributed by atoms with van der Waals surface area (Å²) in [5, 5.41) is 0.621. The first-order valence-corrected chi connectivity index (χ1v) is 3.99. The lowest BCUT2D eigenvalue weighted by Crippen LogP contribution is -1.93. The smallest absolute Gasteiger partial charge is 0.149 e. The molecule has 0 aliphatic heterocycles. The van der Waals surface area contributed by atoms with Gasteiger partial charge < -0.3 is 4.74 Å². The van der Waals surface area contributed by atoms with Gasteiger partial charge in [0.05, 0.1) is 5.02 Å². The predicted molar refractivity (Wildman–Crippen MR) is 50.4 cm³/mol. The summed E-state index contributed by atoms with van der Waals surface area (Å²) in [6, 6.07) is 7.34. The van der Waals surface area contributed by atoms with E-state index in [0.29, 0.717) is 17.4 Å². The van der Waals surface area contributed by atoms with Gasteiger partial charge in [-0.1, -0.05) is 29.7 Å². The SMILES string of the molecule is CC#CCOc1ccccc1Cl. The Bertz CT molecular complexity index is 309. The summed E-state index contributed by atoms with van der Waals surface area (Å²) in [5.41, 5.74) is 0. The van der Waals surface area contributed by atoms with E-state index in [1.165, 1.54) is 0 Å². The second-order valence-electron chi connectivity index (χ2n) is 2.15. The Kier molecular flexibility index (Phi) is 3.50. The zero-order chi connectivity index (χ0) is 8.81. The summed E-state index contributed by atoms with van der Waals surface area (Å²) in [4.78, 5) is 0. The van der Waals surface area contributed by atoms with Crippen LogP contribution in [-0.4, -0.2) is 6.61 Å². The summed E-state index contributed by atoms with van der Waals surface area (Å²) in [6.45, 7) is 2.16. The topological polar surface area (TPSA) is 9.23 Å². The number of ether oxygens (including phenoxy) is 1. The van der Waals surface area contributed by atoms with Gasteiger partial charge in [-0.05, 0) is 19.1 Å². The minimum absolute atomic E-state index is 0.389. The van der Waals surface area contributed by atoms with Crippen molar-refractivity contribution in [3.63, 3.8) is 0 Å². The molecule has 0 aliphatic rings. The summed E-state index contributed by atoms with van der Waals surface area (Å²) in [6.07, 6.45) is 0. The average Bonchev–Trinajstić information content (AvgIpc) is 2.09. The molecule has 0 unspecified atom stereocenters. The first-order chi connectivity index (χ1) is 5.84. The standard InChI is InChI=1S/C10H9ClO/c1-2-3-8-12-10-7-5-4-6-9(10)11/h4-7H,8H2,1H3. The lowest BCUT2D eigenvalue weighted by Gasteiger charge is -2.02. The molecule has 2 heteroatoms. The number of rotatable bonds is 2. The fourth-order valence-electron chi connectivity index (χ4n) is 0.748. The highest BCUT2D eigenvalue weighted by Crippen LogP contribution is 2.22. The summed E-state index contributed by atoms with van der Waals surface area (Å²) >= 11 is 5.83. The second kappa shape index (κ2) is 4.69. The zero-order valence-electron chi connectivity index (χ0n) is 6.80. The van der Waals surface area contributed by atoms with Crippen molar-refractivity contribution in [3.8, 4) is 17.6 Å². The summed E-state index contributed by atoms with van der Waals surface area (Å²) in [5.74, 6) is 6.21. The average molecular weight is 181 g/mol. The third-order valence-corrected chi connectivity index (χ3v) is 1.63. The number of benzene rings is 1. The normalized spacial score (nSPS) is 8.50. The molecule has 0 saturated carbocycles. The van der Waals surface area contributed by atoms with E-state index in [4.69, 9.17) is 16.3 Å². The van der Waals surface area contributed by atoms with Crippen LogP contribution in [0.3, 0.4) is 0 Å². The Morgan fingerprint density at radius 1 is 1.42 bits per heavy atom. The number of halogens is 1. The van der Waals surface area contributed by atoms with Crippen molar-refractivity contribution < 1.29 is 4.74 Å². The minimum Gasteiger partial charge on any atom is -0.479 e. The Hall–Kier alpha value is -1.13. The highest BCUT2D eigenvalue weighted by Gasteiger charge is 1.96. The molecule has 1 aromatic carbocycles. The van der Waals surface area contributed by atoms with Crippen molar-refractivity contribution in [1.29, 1.82) is 0 Å². The van der Waals surface area contributed by atoms with Crippen LogP contribution in [0.25, 0.3) is 0 Å². The third kappa shape index (κ3) is 2.48. The van der Waals surface area contributed by atoms with Crippen LogP contribution in [0.15, 0.2) is 24.3 Å². The fraction of sp³-hybridized carbons (Fsp3) is 0.200. The molecule has 0 N–H and O–H groups in total. The van der Waals surface area contributed by atoms with Gasteiger partial charge in [0.1, 0.15) is 12.4 Å². The second-order valence-corrected chi connectivity index (χ2v) is 2.55. The molecule has 0 radical (unpaired) electrons. The highest BCUT2D eigenvalue weighted by molar-refractivity contribution is 6.32. The molecule has 0 saturated heterocycles. The molecule has 0 heterocycles. The van der Waals surface area contributed by atoms with E-state index in [9.17, 15) is 0 Å². The molecule has 0 aliphatic carbocycles. The fourth-order valence-corrected chi connectivity index (χ4v) is 0.938. The molecule has 0 atom stereocenters. The van der Waals surface area contributed by atoms with Crippen molar-refractivity contribution in [1.82, 2.24) is 0 Å². The van der Waals surface area contributed by atoms with Gasteiger partial charge in [-0.15, -0.1) is 5.92 Å². The quantitative estimate of drug-likeness (QED) is 0.636. The van der Waals surface area contributed by atoms with Crippen LogP contribution in [0.2, 0.25) is 5.02 Å². The lowest BCUT2D eigenvalue weighted by atomic mass is 10.3. The maximum Gasteiger partial charge on any atom is 0.149 e. The van der Waals surface area contributed by atoms with Gasteiger partial charge in [0, 0.05) is 0 Å². The highest BCUT2D eigenvalue weighted by atomic mass is 35.5. The Balaban J connectivity index is 2.61. The van der Waals surface area contributed by atoms with Gasteiger partial charge >= 0.3 is 0 Å². The van der Waals surface area contributed by atoms with E-state index in [2.05, 4.69) is 11.8 Å². The maximum atomic E-state index is 5.83. The van der Waals surface area contributed by atoms with Crippen LogP contribution in [0.4, 0.5) is 0 Å². The summed E-state index contributed by atoms with van der Waals surface area (Å²) in [7, 11) is 0. The van der Waals surface area contributed by atoms with Crippen LogP contribution in [-0.2, 0) is 0 Å². The Morgan fingerprint density at radius 2 is 2.17 bits per heavy atom. The Morgan fingerprint density at radius 3 is 2.83 bits per heavy atom. The van der Waals surface area contributed by atoms with Gasteiger partial charge in [0.25, 0.3) is 0 Å². The molecular weight excluding hydrogens is 172 g/mol.